The first-order chi connectivity index (χ1) is 9.49. The van der Waals surface area contributed by atoms with Gasteiger partial charge in [0.05, 0.1) is 28.6 Å². The molecule has 6 heteroatoms. The maximum Gasteiger partial charge on any atom is 0.305 e. The Kier molecular flexibility index (Phi) is 6.00. The van der Waals surface area contributed by atoms with Crippen molar-refractivity contribution in [2.45, 2.75) is 24.7 Å². The summed E-state index contributed by atoms with van der Waals surface area (Å²) >= 11 is 11.8. The Morgan fingerprint density at radius 2 is 2.15 bits per heavy atom. The molecule has 0 radical (unpaired) electrons. The van der Waals surface area contributed by atoms with Crippen LogP contribution in [0.15, 0.2) is 18.2 Å². The Morgan fingerprint density at radius 1 is 1.45 bits per heavy atom. The van der Waals surface area contributed by atoms with Gasteiger partial charge in [0, 0.05) is 12.8 Å². The van der Waals surface area contributed by atoms with Gasteiger partial charge in [-0.3, -0.25) is 4.79 Å². The molecular formula is C14H13Cl2NO3. The van der Waals surface area contributed by atoms with Crippen molar-refractivity contribution in [1.82, 2.24) is 0 Å². The predicted octanol–water partition coefficient (Wildman–Crippen LogP) is 3.30. The van der Waals surface area contributed by atoms with Crippen LogP contribution in [0.5, 0.6) is 0 Å². The second-order valence-corrected chi connectivity index (χ2v) is 5.08. The molecule has 0 saturated carbocycles. The Balaban J connectivity index is 3.15. The lowest BCUT2D eigenvalue weighted by Gasteiger charge is -2.25. The van der Waals surface area contributed by atoms with Crippen LogP contribution in [0.3, 0.4) is 0 Å². The molecular weight excluding hydrogens is 301 g/mol. The molecule has 0 N–H and O–H groups in total. The van der Waals surface area contributed by atoms with Gasteiger partial charge < -0.3 is 9.53 Å². The van der Waals surface area contributed by atoms with Gasteiger partial charge in [-0.1, -0.05) is 29.3 Å². The summed E-state index contributed by atoms with van der Waals surface area (Å²) in [6.07, 6.45) is 0.840. The summed E-state index contributed by atoms with van der Waals surface area (Å²) in [6.45, 7) is 0. The zero-order chi connectivity index (χ0) is 15.2. The van der Waals surface area contributed by atoms with E-state index in [-0.39, 0.29) is 19.3 Å². The molecule has 0 heterocycles. The normalized spacial score (nSPS) is 13.1. The smallest absolute Gasteiger partial charge is 0.305 e. The summed E-state index contributed by atoms with van der Waals surface area (Å²) in [6, 6.07) is 6.87. The zero-order valence-corrected chi connectivity index (χ0v) is 12.4. The number of rotatable bonds is 6. The summed E-state index contributed by atoms with van der Waals surface area (Å²) < 4.78 is 4.56. The highest BCUT2D eigenvalue weighted by molar-refractivity contribution is 6.42. The van der Waals surface area contributed by atoms with E-state index in [0.29, 0.717) is 21.9 Å². The average Bonchev–Trinajstić information content (AvgIpc) is 2.46. The number of nitriles is 1. The van der Waals surface area contributed by atoms with Crippen LogP contribution in [0.4, 0.5) is 0 Å². The summed E-state index contributed by atoms with van der Waals surface area (Å²) in [5, 5.41) is 10.1. The van der Waals surface area contributed by atoms with E-state index in [9.17, 15) is 14.9 Å². The average molecular weight is 314 g/mol. The Morgan fingerprint density at radius 3 is 2.65 bits per heavy atom. The minimum absolute atomic E-state index is 0.0293. The fraction of sp³-hybridized carbons (Fsp3) is 0.357. The van der Waals surface area contributed by atoms with Gasteiger partial charge in [-0.2, -0.15) is 5.26 Å². The monoisotopic (exact) mass is 313 g/mol. The molecule has 1 aromatic rings. The first-order valence-electron chi connectivity index (χ1n) is 5.86. The van der Waals surface area contributed by atoms with Gasteiger partial charge in [-0.05, 0) is 24.1 Å². The van der Waals surface area contributed by atoms with Crippen LogP contribution in [-0.4, -0.2) is 19.4 Å². The summed E-state index contributed by atoms with van der Waals surface area (Å²) in [5.74, 6) is -0.435. The largest absolute Gasteiger partial charge is 0.469 e. The maximum atomic E-state index is 11.3. The van der Waals surface area contributed by atoms with Gasteiger partial charge >= 0.3 is 5.97 Å². The van der Waals surface area contributed by atoms with E-state index in [1.807, 2.05) is 0 Å². The van der Waals surface area contributed by atoms with Crippen LogP contribution in [0.2, 0.25) is 10.0 Å². The molecule has 0 spiro atoms. The number of hydrogen-bond donors (Lipinski definition) is 0. The molecule has 1 aromatic carbocycles. The third-order valence-corrected chi connectivity index (χ3v) is 3.84. The number of benzene rings is 1. The molecule has 20 heavy (non-hydrogen) atoms. The molecule has 0 unspecified atom stereocenters. The molecule has 0 bridgehead atoms. The zero-order valence-electron chi connectivity index (χ0n) is 10.9. The fourth-order valence-corrected chi connectivity index (χ4v) is 2.18. The minimum Gasteiger partial charge on any atom is -0.469 e. The molecule has 0 amide bonds. The summed E-state index contributed by atoms with van der Waals surface area (Å²) in [7, 11) is 1.27. The molecule has 0 saturated heterocycles. The molecule has 1 rings (SSSR count). The molecule has 0 aliphatic heterocycles. The topological polar surface area (TPSA) is 67.2 Å². The quantitative estimate of drug-likeness (QED) is 0.597. The van der Waals surface area contributed by atoms with Crippen molar-refractivity contribution in [2.24, 2.45) is 0 Å². The van der Waals surface area contributed by atoms with Crippen LogP contribution in [0.25, 0.3) is 0 Å². The number of esters is 1. The molecule has 0 aliphatic rings. The number of methoxy groups -OCH3 is 1. The Bertz CT molecular complexity index is 554. The number of ether oxygens (including phenoxy) is 1. The highest BCUT2D eigenvalue weighted by Crippen LogP contribution is 2.35. The van der Waals surface area contributed by atoms with E-state index in [4.69, 9.17) is 23.2 Å². The summed E-state index contributed by atoms with van der Waals surface area (Å²) in [4.78, 5) is 22.2. The lowest BCUT2D eigenvalue weighted by Crippen LogP contribution is -2.26. The number of hydrogen-bond acceptors (Lipinski definition) is 4. The van der Waals surface area contributed by atoms with E-state index in [0.717, 1.165) is 0 Å². The minimum atomic E-state index is -1.11. The van der Waals surface area contributed by atoms with Crippen molar-refractivity contribution >= 4 is 35.5 Å². The van der Waals surface area contributed by atoms with E-state index < -0.39 is 11.4 Å². The highest BCUT2D eigenvalue weighted by Gasteiger charge is 2.33. The Labute approximate surface area is 127 Å². The Hall–Kier alpha value is -1.57. The number of carbonyl (C=O) groups excluding carboxylic acids is 2. The lowest BCUT2D eigenvalue weighted by atomic mass is 9.75. The SMILES string of the molecule is COC(=O)CC[C@](C#N)(CC=O)c1ccc(Cl)c(Cl)c1. The molecule has 4 nitrogen and oxygen atoms in total. The van der Waals surface area contributed by atoms with Crippen LogP contribution >= 0.6 is 23.2 Å². The maximum absolute atomic E-state index is 11.3. The second kappa shape index (κ2) is 7.28. The van der Waals surface area contributed by atoms with E-state index in [1.54, 1.807) is 18.2 Å². The number of aldehydes is 1. The van der Waals surface area contributed by atoms with Gasteiger partial charge in [0.25, 0.3) is 0 Å². The molecule has 0 fully saturated rings. The van der Waals surface area contributed by atoms with Crippen molar-refractivity contribution in [2.75, 3.05) is 7.11 Å². The van der Waals surface area contributed by atoms with Gasteiger partial charge in [0.15, 0.2) is 0 Å². The van der Waals surface area contributed by atoms with Gasteiger partial charge in [0.1, 0.15) is 6.29 Å². The van der Waals surface area contributed by atoms with Crippen LogP contribution < -0.4 is 0 Å². The summed E-state index contributed by atoms with van der Waals surface area (Å²) in [5.41, 5.74) is -0.546. The van der Waals surface area contributed by atoms with E-state index >= 15 is 0 Å². The van der Waals surface area contributed by atoms with Crippen molar-refractivity contribution < 1.29 is 14.3 Å². The predicted molar refractivity (Wildman–Crippen MR) is 75.7 cm³/mol. The third-order valence-electron chi connectivity index (χ3n) is 3.10. The van der Waals surface area contributed by atoms with Gasteiger partial charge in [0.2, 0.25) is 0 Å². The highest BCUT2D eigenvalue weighted by atomic mass is 35.5. The van der Waals surface area contributed by atoms with Crippen molar-refractivity contribution in [3.05, 3.63) is 33.8 Å². The lowest BCUT2D eigenvalue weighted by molar-refractivity contribution is -0.141. The van der Waals surface area contributed by atoms with E-state index in [1.165, 1.54) is 7.11 Å². The van der Waals surface area contributed by atoms with E-state index in [2.05, 4.69) is 10.8 Å². The molecule has 1 atom stereocenters. The second-order valence-electron chi connectivity index (χ2n) is 4.27. The van der Waals surface area contributed by atoms with Crippen LogP contribution in [0.1, 0.15) is 24.8 Å². The standard InChI is InChI=1S/C14H13Cl2NO3/c1-20-13(19)4-5-14(9-17,6-7-18)10-2-3-11(15)12(16)8-10/h2-3,7-8H,4-6H2,1H3/t14-/m1/s1. The van der Waals surface area contributed by atoms with Crippen molar-refractivity contribution in [1.29, 1.82) is 5.26 Å². The van der Waals surface area contributed by atoms with Crippen LogP contribution in [0, 0.1) is 11.3 Å². The first kappa shape index (κ1) is 16.5. The molecule has 0 aromatic heterocycles. The number of halogens is 2. The third kappa shape index (κ3) is 3.72. The number of carbonyl (C=O) groups is 2. The first-order valence-corrected chi connectivity index (χ1v) is 6.62. The molecule has 106 valence electrons. The van der Waals surface area contributed by atoms with Crippen LogP contribution in [-0.2, 0) is 19.7 Å². The van der Waals surface area contributed by atoms with Crippen molar-refractivity contribution in [3.63, 3.8) is 0 Å². The molecule has 0 aliphatic carbocycles. The van der Waals surface area contributed by atoms with Gasteiger partial charge in [-0.25, -0.2) is 0 Å². The number of nitrogens with zero attached hydrogens (tertiary/aromatic N) is 1. The van der Waals surface area contributed by atoms with Crippen molar-refractivity contribution in [3.8, 4) is 6.07 Å². The fourth-order valence-electron chi connectivity index (χ4n) is 1.88. The van der Waals surface area contributed by atoms with Gasteiger partial charge in [-0.15, -0.1) is 0 Å².